The first-order valence-corrected chi connectivity index (χ1v) is 9.18. The molecule has 4 heterocycles. The first-order chi connectivity index (χ1) is 12.8. The Kier molecular flexibility index (Phi) is 4.82. The summed E-state index contributed by atoms with van der Waals surface area (Å²) in [7, 11) is 0. The molecule has 1 N–H and O–H groups in total. The first-order valence-electron chi connectivity index (χ1n) is 9.18. The fourth-order valence-electron chi connectivity index (χ4n) is 3.62. The third kappa shape index (κ3) is 3.54. The minimum absolute atomic E-state index is 0.0224. The van der Waals surface area contributed by atoms with E-state index < -0.39 is 0 Å². The van der Waals surface area contributed by atoms with Crippen LogP contribution < -0.4 is 5.32 Å². The highest BCUT2D eigenvalue weighted by Gasteiger charge is 2.26. The maximum Gasteiger partial charge on any atom is 0.318 e. The number of imidazole rings is 1. The number of hydrogen-bond donors (Lipinski definition) is 1. The molecule has 0 aromatic carbocycles. The number of rotatable bonds is 3. The third-order valence-corrected chi connectivity index (χ3v) is 4.94. The van der Waals surface area contributed by atoms with Crippen molar-refractivity contribution in [2.45, 2.75) is 38.3 Å². The Morgan fingerprint density at radius 2 is 2.04 bits per heavy atom. The predicted octanol–water partition coefficient (Wildman–Crippen LogP) is 3.56. The number of carbonyl (C=O) groups is 1. The lowest BCUT2D eigenvalue weighted by Gasteiger charge is -2.30. The summed E-state index contributed by atoms with van der Waals surface area (Å²) in [4.78, 5) is 23.5. The standard InChI is InChI=1S/C20H23N5O/c26-20(22-14-17-15-24-12-5-3-7-19(24)23-17)25-13-4-1-2-6-18(25)16-8-10-21-11-9-16/h3,5,7-12,15,18H,1-2,4,6,13-14H2,(H,22,26)/t18-/m1/s1. The van der Waals surface area contributed by atoms with Crippen LogP contribution in [0.15, 0.2) is 55.1 Å². The van der Waals surface area contributed by atoms with Gasteiger partial charge in [-0.25, -0.2) is 9.78 Å². The molecule has 0 unspecified atom stereocenters. The third-order valence-electron chi connectivity index (χ3n) is 4.94. The van der Waals surface area contributed by atoms with Gasteiger partial charge in [-0.15, -0.1) is 0 Å². The number of carbonyl (C=O) groups excluding carboxylic acids is 1. The average molecular weight is 349 g/mol. The number of pyridine rings is 2. The molecule has 1 saturated heterocycles. The SMILES string of the molecule is O=C(NCc1cn2ccccc2n1)N1CCCCC[C@@H]1c1ccncc1. The summed E-state index contributed by atoms with van der Waals surface area (Å²) in [6, 6.07) is 10.00. The highest BCUT2D eigenvalue weighted by molar-refractivity contribution is 5.74. The van der Waals surface area contributed by atoms with E-state index >= 15 is 0 Å². The molecule has 0 spiro atoms. The minimum atomic E-state index is -0.0224. The van der Waals surface area contributed by atoms with Crippen molar-refractivity contribution in [3.63, 3.8) is 0 Å². The van der Waals surface area contributed by atoms with Gasteiger partial charge >= 0.3 is 6.03 Å². The van der Waals surface area contributed by atoms with E-state index in [4.69, 9.17) is 0 Å². The topological polar surface area (TPSA) is 62.5 Å². The molecule has 4 rings (SSSR count). The number of aromatic nitrogens is 3. The van der Waals surface area contributed by atoms with Gasteiger partial charge in [0.1, 0.15) is 5.65 Å². The van der Waals surface area contributed by atoms with Gasteiger partial charge in [0, 0.05) is 31.3 Å². The first kappa shape index (κ1) is 16.6. The van der Waals surface area contributed by atoms with Gasteiger partial charge in [0.25, 0.3) is 0 Å². The van der Waals surface area contributed by atoms with E-state index in [0.717, 1.165) is 49.1 Å². The van der Waals surface area contributed by atoms with Gasteiger partial charge < -0.3 is 14.6 Å². The van der Waals surface area contributed by atoms with Crippen LogP contribution in [-0.2, 0) is 6.54 Å². The zero-order chi connectivity index (χ0) is 17.8. The number of nitrogens with one attached hydrogen (secondary N) is 1. The Hall–Kier alpha value is -2.89. The lowest BCUT2D eigenvalue weighted by molar-refractivity contribution is 0.175. The van der Waals surface area contributed by atoms with Crippen LogP contribution in [0.5, 0.6) is 0 Å². The Bertz CT molecular complexity index is 843. The minimum Gasteiger partial charge on any atom is -0.332 e. The second-order valence-corrected chi connectivity index (χ2v) is 6.70. The monoisotopic (exact) mass is 349 g/mol. The molecule has 0 aliphatic carbocycles. The van der Waals surface area contributed by atoms with Gasteiger partial charge in [-0.1, -0.05) is 18.9 Å². The van der Waals surface area contributed by atoms with Crippen LogP contribution >= 0.6 is 0 Å². The molecule has 6 nitrogen and oxygen atoms in total. The maximum absolute atomic E-state index is 12.9. The molecule has 1 aliphatic rings. The molecule has 0 saturated carbocycles. The second-order valence-electron chi connectivity index (χ2n) is 6.70. The molecule has 1 fully saturated rings. The van der Waals surface area contributed by atoms with Crippen LogP contribution in [0.1, 0.15) is 43.0 Å². The van der Waals surface area contributed by atoms with Gasteiger partial charge in [-0.2, -0.15) is 0 Å². The highest BCUT2D eigenvalue weighted by Crippen LogP contribution is 2.29. The molecule has 1 aliphatic heterocycles. The number of hydrogen-bond acceptors (Lipinski definition) is 3. The summed E-state index contributed by atoms with van der Waals surface area (Å²) >= 11 is 0. The molecule has 3 aromatic rings. The van der Waals surface area contributed by atoms with Crippen LogP contribution in [0.25, 0.3) is 5.65 Å². The van der Waals surface area contributed by atoms with Crippen molar-refractivity contribution in [2.75, 3.05) is 6.54 Å². The summed E-state index contributed by atoms with van der Waals surface area (Å²) < 4.78 is 1.97. The number of urea groups is 1. The van der Waals surface area contributed by atoms with Gasteiger partial charge in [0.2, 0.25) is 0 Å². The van der Waals surface area contributed by atoms with Crippen LogP contribution in [0.3, 0.4) is 0 Å². The van der Waals surface area contributed by atoms with E-state index in [-0.39, 0.29) is 12.1 Å². The summed E-state index contributed by atoms with van der Waals surface area (Å²) in [5.41, 5.74) is 2.91. The Balaban J connectivity index is 1.47. The number of likely N-dealkylation sites (tertiary alicyclic amines) is 1. The Labute approximate surface area is 152 Å². The quantitative estimate of drug-likeness (QED) is 0.786. The second kappa shape index (κ2) is 7.56. The van der Waals surface area contributed by atoms with Crippen molar-refractivity contribution in [3.8, 4) is 0 Å². The Morgan fingerprint density at radius 1 is 1.15 bits per heavy atom. The summed E-state index contributed by atoms with van der Waals surface area (Å²) in [5, 5.41) is 3.05. The molecular formula is C20H23N5O. The van der Waals surface area contributed by atoms with Crippen molar-refractivity contribution in [1.29, 1.82) is 0 Å². The van der Waals surface area contributed by atoms with E-state index in [1.807, 2.05) is 52.0 Å². The molecule has 26 heavy (non-hydrogen) atoms. The number of nitrogens with zero attached hydrogens (tertiary/aromatic N) is 4. The van der Waals surface area contributed by atoms with Gasteiger partial charge in [0.15, 0.2) is 0 Å². The number of fused-ring (bicyclic) bond motifs is 1. The van der Waals surface area contributed by atoms with Gasteiger partial charge in [-0.3, -0.25) is 4.98 Å². The van der Waals surface area contributed by atoms with Crippen molar-refractivity contribution in [1.82, 2.24) is 24.6 Å². The molecule has 3 aromatic heterocycles. The molecule has 6 heteroatoms. The fraction of sp³-hybridized carbons (Fsp3) is 0.350. The van der Waals surface area contributed by atoms with Crippen molar-refractivity contribution in [2.24, 2.45) is 0 Å². The largest absolute Gasteiger partial charge is 0.332 e. The maximum atomic E-state index is 12.9. The van der Waals surface area contributed by atoms with Crippen molar-refractivity contribution in [3.05, 3.63) is 66.4 Å². The van der Waals surface area contributed by atoms with Crippen LogP contribution in [0.2, 0.25) is 0 Å². The van der Waals surface area contributed by atoms with E-state index in [2.05, 4.69) is 15.3 Å². The summed E-state index contributed by atoms with van der Waals surface area (Å²) in [6.45, 7) is 1.21. The van der Waals surface area contributed by atoms with E-state index in [9.17, 15) is 4.79 Å². The van der Waals surface area contributed by atoms with Gasteiger partial charge in [-0.05, 0) is 42.7 Å². The van der Waals surface area contributed by atoms with Crippen LogP contribution in [-0.4, -0.2) is 31.8 Å². The summed E-state index contributed by atoms with van der Waals surface area (Å²) in [6.07, 6.45) is 11.9. The lowest BCUT2D eigenvalue weighted by atomic mass is 10.0. The predicted molar refractivity (Wildman–Crippen MR) is 99.6 cm³/mol. The Morgan fingerprint density at radius 3 is 2.88 bits per heavy atom. The van der Waals surface area contributed by atoms with Crippen LogP contribution in [0.4, 0.5) is 4.79 Å². The van der Waals surface area contributed by atoms with Gasteiger partial charge in [0.05, 0.1) is 18.3 Å². The normalized spacial score (nSPS) is 17.8. The zero-order valence-electron chi connectivity index (χ0n) is 14.7. The smallest absolute Gasteiger partial charge is 0.318 e. The lowest BCUT2D eigenvalue weighted by Crippen LogP contribution is -2.42. The van der Waals surface area contributed by atoms with E-state index in [1.165, 1.54) is 0 Å². The van der Waals surface area contributed by atoms with Crippen molar-refractivity contribution >= 4 is 11.7 Å². The molecule has 134 valence electrons. The number of amides is 2. The van der Waals surface area contributed by atoms with E-state index in [1.54, 1.807) is 12.4 Å². The zero-order valence-corrected chi connectivity index (χ0v) is 14.7. The molecule has 0 bridgehead atoms. The molecule has 0 radical (unpaired) electrons. The fourth-order valence-corrected chi connectivity index (χ4v) is 3.62. The average Bonchev–Trinajstić information content (AvgIpc) is 2.94. The molecular weight excluding hydrogens is 326 g/mol. The summed E-state index contributed by atoms with van der Waals surface area (Å²) in [5.74, 6) is 0. The van der Waals surface area contributed by atoms with Crippen molar-refractivity contribution < 1.29 is 4.79 Å². The highest BCUT2D eigenvalue weighted by atomic mass is 16.2. The van der Waals surface area contributed by atoms with E-state index in [0.29, 0.717) is 6.54 Å². The molecule has 2 amide bonds. The molecule has 1 atom stereocenters. The van der Waals surface area contributed by atoms with Crippen LogP contribution in [0, 0.1) is 0 Å².